The molecule has 0 unspecified atom stereocenters. The van der Waals surface area contributed by atoms with Crippen molar-refractivity contribution in [2.45, 2.75) is 6.92 Å². The van der Waals surface area contributed by atoms with Crippen LogP contribution >= 0.6 is 11.3 Å². The molecule has 8 heteroatoms. The molecular weight excluding hydrogens is 460 g/mol. The molecule has 5 aromatic rings. The summed E-state index contributed by atoms with van der Waals surface area (Å²) in [6.07, 6.45) is 0. The van der Waals surface area contributed by atoms with Crippen LogP contribution in [0.1, 0.15) is 15.2 Å². The van der Waals surface area contributed by atoms with E-state index in [1.54, 1.807) is 12.1 Å². The van der Waals surface area contributed by atoms with Gasteiger partial charge in [-0.05, 0) is 30.2 Å². The number of nitro benzene ring substituents is 1. The molecule has 172 valence electrons. The lowest BCUT2D eigenvalue weighted by Crippen LogP contribution is -2.13. The molecule has 5 rings (SSSR count). The minimum Gasteiger partial charge on any atom is -0.397 e. The molecule has 3 N–H and O–H groups in total. The maximum Gasteiger partial charge on any atom is 0.292 e. The van der Waals surface area contributed by atoms with Gasteiger partial charge < -0.3 is 11.1 Å². The molecule has 0 aliphatic carbocycles. The number of rotatable bonds is 5. The van der Waals surface area contributed by atoms with E-state index in [1.165, 1.54) is 23.5 Å². The second kappa shape index (κ2) is 9.00. The van der Waals surface area contributed by atoms with Gasteiger partial charge in [0.1, 0.15) is 15.4 Å². The molecule has 0 spiro atoms. The zero-order valence-corrected chi connectivity index (χ0v) is 19.5. The largest absolute Gasteiger partial charge is 0.397 e. The van der Waals surface area contributed by atoms with Crippen molar-refractivity contribution in [2.75, 3.05) is 11.1 Å². The third kappa shape index (κ3) is 4.22. The van der Waals surface area contributed by atoms with Crippen molar-refractivity contribution in [3.05, 3.63) is 105 Å². The second-order valence-corrected chi connectivity index (χ2v) is 9.04. The zero-order valence-electron chi connectivity index (χ0n) is 18.7. The average Bonchev–Trinajstić information content (AvgIpc) is 3.21. The molecule has 1 amide bonds. The number of nitrogens with one attached hydrogen (secondary N) is 1. The highest BCUT2D eigenvalue weighted by Crippen LogP contribution is 2.41. The van der Waals surface area contributed by atoms with Gasteiger partial charge in [-0.15, -0.1) is 11.3 Å². The molecule has 0 saturated carbocycles. The molecule has 0 aliphatic rings. The first-order valence-electron chi connectivity index (χ1n) is 10.8. The number of pyridine rings is 1. The summed E-state index contributed by atoms with van der Waals surface area (Å²) in [7, 11) is 0. The maximum atomic E-state index is 13.2. The number of aryl methyl sites for hydroxylation is 1. The summed E-state index contributed by atoms with van der Waals surface area (Å²) in [5, 5.41) is 14.7. The molecule has 7 nitrogen and oxygen atoms in total. The van der Waals surface area contributed by atoms with Crippen molar-refractivity contribution in [2.24, 2.45) is 0 Å². The van der Waals surface area contributed by atoms with E-state index in [1.807, 2.05) is 67.6 Å². The molecule has 0 saturated heterocycles. The summed E-state index contributed by atoms with van der Waals surface area (Å²) in [6.45, 7) is 2.03. The number of aromatic nitrogens is 1. The van der Waals surface area contributed by atoms with Crippen LogP contribution < -0.4 is 11.1 Å². The molecule has 2 aromatic heterocycles. The lowest BCUT2D eigenvalue weighted by molar-refractivity contribution is -0.383. The summed E-state index contributed by atoms with van der Waals surface area (Å²) in [5.74, 6) is -0.518. The summed E-state index contributed by atoms with van der Waals surface area (Å²) in [6, 6.07) is 25.8. The van der Waals surface area contributed by atoms with E-state index in [0.717, 1.165) is 27.9 Å². The Labute approximate surface area is 205 Å². The number of nitrogen functional groups attached to an aromatic ring is 1. The first-order chi connectivity index (χ1) is 16.9. The predicted octanol–water partition coefficient (Wildman–Crippen LogP) is 6.68. The van der Waals surface area contributed by atoms with Gasteiger partial charge in [-0.2, -0.15) is 0 Å². The number of hydrogen-bond donors (Lipinski definition) is 2. The van der Waals surface area contributed by atoms with Gasteiger partial charge in [0.2, 0.25) is 0 Å². The summed E-state index contributed by atoms with van der Waals surface area (Å²) in [5.41, 5.74) is 11.4. The Bertz CT molecular complexity index is 1580. The van der Waals surface area contributed by atoms with Crippen LogP contribution in [0.5, 0.6) is 0 Å². The number of nitro groups is 1. The number of carbonyl (C=O) groups excluding carboxylic acids is 1. The topological polar surface area (TPSA) is 111 Å². The molecule has 0 radical (unpaired) electrons. The van der Waals surface area contributed by atoms with Gasteiger partial charge in [0.25, 0.3) is 11.6 Å². The van der Waals surface area contributed by atoms with Crippen LogP contribution in [-0.4, -0.2) is 15.8 Å². The summed E-state index contributed by atoms with van der Waals surface area (Å²) >= 11 is 1.17. The van der Waals surface area contributed by atoms with Gasteiger partial charge in [-0.25, -0.2) is 4.98 Å². The molecule has 0 bridgehead atoms. The molecule has 0 fully saturated rings. The normalized spacial score (nSPS) is 10.9. The average molecular weight is 481 g/mol. The highest BCUT2D eigenvalue weighted by atomic mass is 32.1. The fourth-order valence-electron chi connectivity index (χ4n) is 3.92. The van der Waals surface area contributed by atoms with Crippen molar-refractivity contribution >= 4 is 44.5 Å². The number of hydrogen-bond acceptors (Lipinski definition) is 6. The number of amides is 1. The first kappa shape index (κ1) is 22.2. The van der Waals surface area contributed by atoms with Crippen LogP contribution in [0.4, 0.5) is 17.1 Å². The Kier molecular flexibility index (Phi) is 5.72. The Balaban J connectivity index is 1.66. The number of anilines is 2. The third-order valence-corrected chi connectivity index (χ3v) is 6.78. The Morgan fingerprint density at radius 2 is 1.66 bits per heavy atom. The smallest absolute Gasteiger partial charge is 0.292 e. The van der Waals surface area contributed by atoms with E-state index in [-0.39, 0.29) is 16.3 Å². The Morgan fingerprint density at radius 1 is 0.971 bits per heavy atom. The van der Waals surface area contributed by atoms with E-state index in [4.69, 9.17) is 10.7 Å². The van der Waals surface area contributed by atoms with Crippen LogP contribution in [0.2, 0.25) is 0 Å². The van der Waals surface area contributed by atoms with Crippen molar-refractivity contribution < 1.29 is 9.72 Å². The van der Waals surface area contributed by atoms with Crippen molar-refractivity contribution in [1.29, 1.82) is 0 Å². The molecule has 3 aromatic carbocycles. The van der Waals surface area contributed by atoms with E-state index in [9.17, 15) is 14.9 Å². The van der Waals surface area contributed by atoms with Crippen molar-refractivity contribution in [1.82, 2.24) is 4.98 Å². The summed E-state index contributed by atoms with van der Waals surface area (Å²) < 4.78 is 0. The Morgan fingerprint density at radius 3 is 2.37 bits per heavy atom. The maximum absolute atomic E-state index is 13.2. The van der Waals surface area contributed by atoms with Gasteiger partial charge in [0.15, 0.2) is 0 Å². The van der Waals surface area contributed by atoms with Gasteiger partial charge in [0, 0.05) is 17.0 Å². The molecule has 0 atom stereocenters. The lowest BCUT2D eigenvalue weighted by atomic mass is 9.99. The molecular formula is C27H20N4O3S. The van der Waals surface area contributed by atoms with Crippen LogP contribution in [-0.2, 0) is 0 Å². The van der Waals surface area contributed by atoms with E-state index in [2.05, 4.69) is 5.32 Å². The van der Waals surface area contributed by atoms with Gasteiger partial charge in [-0.3, -0.25) is 14.9 Å². The number of fused-ring (bicyclic) bond motifs is 1. The van der Waals surface area contributed by atoms with Crippen LogP contribution in [0, 0.1) is 17.0 Å². The molecule has 35 heavy (non-hydrogen) atoms. The second-order valence-electron chi connectivity index (χ2n) is 8.04. The number of nitrogens with two attached hydrogens (primary N) is 1. The minimum absolute atomic E-state index is 0.107. The number of nitrogens with zero attached hydrogens (tertiary/aromatic N) is 2. The Hall–Kier alpha value is -4.56. The van der Waals surface area contributed by atoms with Gasteiger partial charge in [-0.1, -0.05) is 72.3 Å². The standard InChI is InChI=1S/C27H20N4O3S/c1-16-11-13-18(14-12-16)21-15-19(17-7-3-2-4-8-17)23-24(28)25(35-27(23)30-21)26(32)29-20-9-5-6-10-22(20)31(33)34/h2-15H,28H2,1H3,(H,29,32). The minimum atomic E-state index is -0.535. The first-order valence-corrected chi connectivity index (χ1v) is 11.6. The van der Waals surface area contributed by atoms with Crippen LogP contribution in [0.25, 0.3) is 32.6 Å². The monoisotopic (exact) mass is 480 g/mol. The predicted molar refractivity (Wildman–Crippen MR) is 141 cm³/mol. The molecule has 0 aliphatic heterocycles. The number of benzene rings is 3. The highest BCUT2D eigenvalue weighted by molar-refractivity contribution is 7.21. The van der Waals surface area contributed by atoms with Gasteiger partial charge in [0.05, 0.1) is 16.3 Å². The van der Waals surface area contributed by atoms with Crippen molar-refractivity contribution in [3.63, 3.8) is 0 Å². The fraction of sp³-hybridized carbons (Fsp3) is 0.0370. The third-order valence-electron chi connectivity index (χ3n) is 5.69. The zero-order chi connectivity index (χ0) is 24.5. The van der Waals surface area contributed by atoms with E-state index < -0.39 is 10.8 Å². The van der Waals surface area contributed by atoms with Crippen LogP contribution in [0.15, 0.2) is 84.9 Å². The number of para-hydroxylation sites is 2. The quantitative estimate of drug-likeness (QED) is 0.215. The van der Waals surface area contributed by atoms with E-state index >= 15 is 0 Å². The highest BCUT2D eigenvalue weighted by Gasteiger charge is 2.23. The SMILES string of the molecule is Cc1ccc(-c2cc(-c3ccccc3)c3c(N)c(C(=O)Nc4ccccc4[N+](=O)[O-])sc3n2)cc1. The van der Waals surface area contributed by atoms with E-state index in [0.29, 0.717) is 15.9 Å². The van der Waals surface area contributed by atoms with Crippen LogP contribution in [0.3, 0.4) is 0 Å². The van der Waals surface area contributed by atoms with Gasteiger partial charge >= 0.3 is 0 Å². The number of carbonyl (C=O) groups is 1. The fourth-order valence-corrected chi connectivity index (χ4v) is 4.94. The molecule has 2 heterocycles. The summed E-state index contributed by atoms with van der Waals surface area (Å²) in [4.78, 5) is 29.7. The van der Waals surface area contributed by atoms with Crippen molar-refractivity contribution in [3.8, 4) is 22.4 Å². The number of thiophene rings is 1. The lowest BCUT2D eigenvalue weighted by Gasteiger charge is -2.09.